The average molecular weight is 97.2 g/mol. The number of allylic oxidation sites excluding steroid dienone is 2. The van der Waals surface area contributed by atoms with Gasteiger partial charge in [0.25, 0.3) is 0 Å². The second-order valence-electron chi connectivity index (χ2n) is 1.20. The Balaban J connectivity index is 3.60. The van der Waals surface area contributed by atoms with Crippen LogP contribution in [0.25, 0.3) is 0 Å². The molecular formula is C6H11N. The Bertz CT molecular complexity index is 82.2. The van der Waals surface area contributed by atoms with Crippen LogP contribution in [0.15, 0.2) is 24.4 Å². The van der Waals surface area contributed by atoms with Gasteiger partial charge in [0.15, 0.2) is 0 Å². The van der Waals surface area contributed by atoms with Crippen LogP contribution in [0, 0.1) is 0 Å². The molecule has 40 valence electrons. The van der Waals surface area contributed by atoms with Crippen molar-refractivity contribution in [3.05, 3.63) is 24.4 Å². The number of nitrogens with one attached hydrogen (secondary N) is 1. The minimum Gasteiger partial charge on any atom is -0.388 e. The van der Waals surface area contributed by atoms with Crippen LogP contribution in [0.3, 0.4) is 0 Å². The minimum absolute atomic E-state index is 1.07. The van der Waals surface area contributed by atoms with Crippen molar-refractivity contribution < 1.29 is 0 Å². The van der Waals surface area contributed by atoms with Crippen molar-refractivity contribution in [2.24, 2.45) is 0 Å². The Morgan fingerprint density at radius 1 is 1.71 bits per heavy atom. The molecule has 0 aromatic carbocycles. The van der Waals surface area contributed by atoms with Crippen molar-refractivity contribution >= 4 is 0 Å². The second kappa shape index (κ2) is 3.47. The fraction of sp³-hybridized carbons (Fsp3) is 0.333. The molecule has 0 aromatic rings. The molecule has 0 heterocycles. The molecule has 0 aliphatic rings. The molecule has 0 bridgehead atoms. The second-order valence-corrected chi connectivity index (χ2v) is 1.20. The minimum atomic E-state index is 1.07. The maximum atomic E-state index is 3.57. The van der Waals surface area contributed by atoms with Crippen molar-refractivity contribution in [1.82, 2.24) is 5.32 Å². The smallest absolute Gasteiger partial charge is 0.0288 e. The van der Waals surface area contributed by atoms with Crippen LogP contribution in [0.2, 0.25) is 0 Å². The zero-order valence-electron chi connectivity index (χ0n) is 4.86. The molecule has 0 saturated heterocycles. The lowest BCUT2D eigenvalue weighted by Crippen LogP contribution is -2.01. The van der Waals surface area contributed by atoms with E-state index in [1.165, 1.54) is 0 Å². The van der Waals surface area contributed by atoms with E-state index in [9.17, 15) is 0 Å². The highest BCUT2D eigenvalue weighted by molar-refractivity contribution is 5.11. The Morgan fingerprint density at radius 3 is 2.29 bits per heavy atom. The maximum Gasteiger partial charge on any atom is 0.0288 e. The third-order valence-electron chi connectivity index (χ3n) is 0.820. The molecule has 0 amide bonds. The predicted molar refractivity (Wildman–Crippen MR) is 33.0 cm³/mol. The standard InChI is InChI=1S/C6H11N/c1-4-6(5-2)7-3/h4-5,7H,1H2,2-3H3. The van der Waals surface area contributed by atoms with E-state index >= 15 is 0 Å². The summed E-state index contributed by atoms with van der Waals surface area (Å²) in [5, 5.41) is 2.94. The topological polar surface area (TPSA) is 12.0 Å². The van der Waals surface area contributed by atoms with Gasteiger partial charge in [0, 0.05) is 12.7 Å². The molecule has 0 unspecified atom stereocenters. The summed E-state index contributed by atoms with van der Waals surface area (Å²) in [7, 11) is 1.87. The Kier molecular flexibility index (Phi) is 3.11. The van der Waals surface area contributed by atoms with Gasteiger partial charge in [-0.1, -0.05) is 12.7 Å². The molecule has 0 fully saturated rings. The molecule has 1 N–H and O–H groups in total. The lowest BCUT2D eigenvalue weighted by molar-refractivity contribution is 1.03. The summed E-state index contributed by atoms with van der Waals surface area (Å²) in [5.41, 5.74) is 1.07. The normalized spacial score (nSPS) is 10.9. The first-order valence-electron chi connectivity index (χ1n) is 2.31. The van der Waals surface area contributed by atoms with Gasteiger partial charge in [0.05, 0.1) is 0 Å². The first-order chi connectivity index (χ1) is 3.35. The maximum absolute atomic E-state index is 3.57. The zero-order valence-corrected chi connectivity index (χ0v) is 4.86. The van der Waals surface area contributed by atoms with Crippen LogP contribution in [0.5, 0.6) is 0 Å². The summed E-state index contributed by atoms with van der Waals surface area (Å²) < 4.78 is 0. The number of hydrogen-bond acceptors (Lipinski definition) is 1. The largest absolute Gasteiger partial charge is 0.388 e. The van der Waals surface area contributed by atoms with Crippen molar-refractivity contribution in [1.29, 1.82) is 0 Å². The van der Waals surface area contributed by atoms with Gasteiger partial charge in [-0.3, -0.25) is 0 Å². The van der Waals surface area contributed by atoms with Crippen LogP contribution in [0.1, 0.15) is 6.92 Å². The van der Waals surface area contributed by atoms with Gasteiger partial charge in [-0.15, -0.1) is 0 Å². The highest BCUT2D eigenvalue weighted by Crippen LogP contribution is 1.83. The van der Waals surface area contributed by atoms with Gasteiger partial charge in [-0.25, -0.2) is 0 Å². The van der Waals surface area contributed by atoms with E-state index in [-0.39, 0.29) is 0 Å². The predicted octanol–water partition coefficient (Wildman–Crippen LogP) is 1.30. The van der Waals surface area contributed by atoms with Crippen LogP contribution in [-0.2, 0) is 0 Å². The van der Waals surface area contributed by atoms with E-state index in [2.05, 4.69) is 11.9 Å². The van der Waals surface area contributed by atoms with Gasteiger partial charge < -0.3 is 5.32 Å². The Hall–Kier alpha value is -0.720. The third-order valence-corrected chi connectivity index (χ3v) is 0.820. The Labute approximate surface area is 44.7 Å². The highest BCUT2D eigenvalue weighted by Gasteiger charge is 1.74. The van der Waals surface area contributed by atoms with Crippen molar-refractivity contribution in [3.63, 3.8) is 0 Å². The molecule has 0 aliphatic heterocycles. The molecule has 1 nitrogen and oxygen atoms in total. The van der Waals surface area contributed by atoms with E-state index in [1.807, 2.05) is 20.0 Å². The summed E-state index contributed by atoms with van der Waals surface area (Å²) in [6, 6.07) is 0. The Morgan fingerprint density at radius 2 is 2.29 bits per heavy atom. The molecule has 0 aliphatic carbocycles. The van der Waals surface area contributed by atoms with Crippen LogP contribution >= 0.6 is 0 Å². The summed E-state index contributed by atoms with van der Waals surface area (Å²) in [6.07, 6.45) is 3.74. The van der Waals surface area contributed by atoms with E-state index in [0.717, 1.165) is 5.70 Å². The summed E-state index contributed by atoms with van der Waals surface area (Å²) in [4.78, 5) is 0. The van der Waals surface area contributed by atoms with E-state index in [4.69, 9.17) is 0 Å². The van der Waals surface area contributed by atoms with Gasteiger partial charge in [0.1, 0.15) is 0 Å². The molecule has 1 heteroatoms. The van der Waals surface area contributed by atoms with Gasteiger partial charge in [-0.05, 0) is 13.0 Å². The van der Waals surface area contributed by atoms with E-state index in [0.29, 0.717) is 0 Å². The summed E-state index contributed by atoms with van der Waals surface area (Å²) >= 11 is 0. The quantitative estimate of drug-likeness (QED) is 0.512. The lowest BCUT2D eigenvalue weighted by Gasteiger charge is -1.93. The summed E-state index contributed by atoms with van der Waals surface area (Å²) in [6.45, 7) is 5.54. The molecule has 0 saturated carbocycles. The van der Waals surface area contributed by atoms with Crippen molar-refractivity contribution in [3.8, 4) is 0 Å². The number of hydrogen-bond donors (Lipinski definition) is 1. The first kappa shape index (κ1) is 6.28. The molecule has 0 spiro atoms. The van der Waals surface area contributed by atoms with Gasteiger partial charge in [-0.2, -0.15) is 0 Å². The van der Waals surface area contributed by atoms with Crippen LogP contribution in [0.4, 0.5) is 0 Å². The first-order valence-corrected chi connectivity index (χ1v) is 2.31. The van der Waals surface area contributed by atoms with E-state index < -0.39 is 0 Å². The highest BCUT2D eigenvalue weighted by atomic mass is 14.8. The lowest BCUT2D eigenvalue weighted by atomic mass is 10.4. The molecular weight excluding hydrogens is 86.1 g/mol. The number of likely N-dealkylation sites (N-methyl/N-ethyl adjacent to an activating group) is 1. The molecule has 0 radical (unpaired) electrons. The summed E-state index contributed by atoms with van der Waals surface area (Å²) in [5.74, 6) is 0. The van der Waals surface area contributed by atoms with Crippen molar-refractivity contribution in [2.75, 3.05) is 7.05 Å². The molecule has 7 heavy (non-hydrogen) atoms. The van der Waals surface area contributed by atoms with Crippen LogP contribution < -0.4 is 5.32 Å². The van der Waals surface area contributed by atoms with Gasteiger partial charge in [0.2, 0.25) is 0 Å². The molecule has 0 atom stereocenters. The number of rotatable bonds is 2. The van der Waals surface area contributed by atoms with E-state index in [1.54, 1.807) is 6.08 Å². The SMILES string of the molecule is C=CC(=CC)NC. The molecule has 0 aromatic heterocycles. The van der Waals surface area contributed by atoms with Crippen molar-refractivity contribution in [2.45, 2.75) is 6.92 Å². The zero-order chi connectivity index (χ0) is 5.70. The van der Waals surface area contributed by atoms with Gasteiger partial charge >= 0.3 is 0 Å². The fourth-order valence-electron chi connectivity index (χ4n) is 0.364. The van der Waals surface area contributed by atoms with Crippen LogP contribution in [-0.4, -0.2) is 7.05 Å². The average Bonchev–Trinajstić information content (AvgIpc) is 1.72. The monoisotopic (exact) mass is 97.1 g/mol. The molecule has 0 rings (SSSR count). The third kappa shape index (κ3) is 2.04. The fourth-order valence-corrected chi connectivity index (χ4v) is 0.364.